The second-order valence-electron chi connectivity index (χ2n) is 4.03. The first kappa shape index (κ1) is 14.5. The van der Waals surface area contributed by atoms with Gasteiger partial charge in [-0.15, -0.1) is 0 Å². The predicted molar refractivity (Wildman–Crippen MR) is 80.4 cm³/mol. The summed E-state index contributed by atoms with van der Waals surface area (Å²) < 4.78 is 0. The molecule has 1 aromatic heterocycles. The molecule has 3 nitrogen and oxygen atoms in total. The van der Waals surface area contributed by atoms with E-state index in [4.69, 9.17) is 0 Å². The molecule has 0 aromatic carbocycles. The summed E-state index contributed by atoms with van der Waals surface area (Å²) in [5, 5.41) is 4.00. The molecule has 0 spiro atoms. The third-order valence-electron chi connectivity index (χ3n) is 2.15. The van der Waals surface area contributed by atoms with E-state index in [0.29, 0.717) is 0 Å². The minimum absolute atomic E-state index is 0.751. The Kier molecular flexibility index (Phi) is 5.16. The van der Waals surface area contributed by atoms with E-state index >= 15 is 0 Å². The van der Waals surface area contributed by atoms with Crippen molar-refractivity contribution in [3.05, 3.63) is 52.3 Å². The summed E-state index contributed by atoms with van der Waals surface area (Å²) in [6.45, 7) is 15.7. The quantitative estimate of drug-likeness (QED) is 0.806. The van der Waals surface area contributed by atoms with Crippen molar-refractivity contribution < 1.29 is 0 Å². The summed E-state index contributed by atoms with van der Waals surface area (Å²) in [6, 6.07) is 1.90. The van der Waals surface area contributed by atoms with Crippen molar-refractivity contribution in [3.63, 3.8) is 0 Å². The molecule has 0 saturated carbocycles. The van der Waals surface area contributed by atoms with Crippen molar-refractivity contribution in [1.29, 1.82) is 0 Å². The molecule has 0 radical (unpaired) electrons. The molecular weight excluding hydrogens is 242 g/mol. The van der Waals surface area contributed by atoms with Gasteiger partial charge in [-0.05, 0) is 33.3 Å². The van der Waals surface area contributed by atoms with Gasteiger partial charge in [0.05, 0.1) is 5.03 Å². The van der Waals surface area contributed by atoms with E-state index < -0.39 is 0 Å². The molecule has 0 atom stereocenters. The van der Waals surface area contributed by atoms with Gasteiger partial charge in [0.2, 0.25) is 0 Å². The average molecular weight is 261 g/mol. The zero-order valence-electron chi connectivity index (χ0n) is 11.4. The molecule has 0 amide bonds. The number of hydrogen-bond acceptors (Lipinski definition) is 4. The van der Waals surface area contributed by atoms with Crippen LogP contribution < -0.4 is 5.32 Å². The molecule has 1 aromatic rings. The smallest absolute Gasteiger partial charge is 0.134 e. The fourth-order valence-corrected chi connectivity index (χ4v) is 2.19. The Labute approximate surface area is 113 Å². The maximum atomic E-state index is 4.31. The Bertz CT molecular complexity index is 484. The fourth-order valence-electron chi connectivity index (χ4n) is 1.47. The second-order valence-corrected chi connectivity index (χ2v) is 5.16. The van der Waals surface area contributed by atoms with Gasteiger partial charge in [0.25, 0.3) is 0 Å². The number of hydrogen-bond donors (Lipinski definition) is 1. The van der Waals surface area contributed by atoms with Crippen molar-refractivity contribution in [3.8, 4) is 0 Å². The van der Waals surface area contributed by atoms with Crippen molar-refractivity contribution in [2.24, 2.45) is 0 Å². The summed E-state index contributed by atoms with van der Waals surface area (Å²) in [4.78, 5) is 9.65. The number of aryl methyl sites for hydroxylation is 2. The van der Waals surface area contributed by atoms with E-state index in [-0.39, 0.29) is 0 Å². The first-order chi connectivity index (χ1) is 8.42. The van der Waals surface area contributed by atoms with Crippen LogP contribution in [-0.4, -0.2) is 9.97 Å². The Morgan fingerprint density at radius 2 is 2.00 bits per heavy atom. The van der Waals surface area contributed by atoms with Crippen molar-refractivity contribution in [1.82, 2.24) is 9.97 Å². The number of thioether (sulfide) groups is 1. The number of nitrogens with zero attached hydrogens (tertiary/aromatic N) is 2. The van der Waals surface area contributed by atoms with Crippen LogP contribution in [0.3, 0.4) is 0 Å². The summed E-state index contributed by atoms with van der Waals surface area (Å²) in [6.07, 6.45) is 2.02. The molecule has 0 unspecified atom stereocenters. The summed E-state index contributed by atoms with van der Waals surface area (Å²) in [5.41, 5.74) is 1.97. The summed E-state index contributed by atoms with van der Waals surface area (Å²) in [7, 11) is 0. The molecule has 96 valence electrons. The van der Waals surface area contributed by atoms with Crippen LogP contribution in [0.25, 0.3) is 0 Å². The first-order valence-corrected chi connectivity index (χ1v) is 6.52. The number of rotatable bonds is 5. The van der Waals surface area contributed by atoms with Gasteiger partial charge in [0.1, 0.15) is 11.6 Å². The molecule has 0 aliphatic heterocycles. The van der Waals surface area contributed by atoms with Gasteiger partial charge in [-0.1, -0.05) is 31.0 Å². The molecule has 0 bridgehead atoms. The zero-order valence-corrected chi connectivity index (χ0v) is 12.2. The largest absolute Gasteiger partial charge is 0.335 e. The number of nitrogens with one attached hydrogen (secondary N) is 1. The lowest BCUT2D eigenvalue weighted by molar-refractivity contribution is 1.01. The lowest BCUT2D eigenvalue weighted by atomic mass is 10.3. The Hall–Kier alpha value is -1.55. The molecule has 1 rings (SSSR count). The fraction of sp³-hybridized carbons (Fsp3) is 0.286. The maximum absolute atomic E-state index is 4.31. The molecule has 0 fully saturated rings. The minimum atomic E-state index is 0.751. The molecule has 1 heterocycles. The summed E-state index contributed by atoms with van der Waals surface area (Å²) in [5.74, 6) is 1.52. The van der Waals surface area contributed by atoms with Crippen LogP contribution in [0.4, 0.5) is 5.82 Å². The maximum Gasteiger partial charge on any atom is 0.134 e. The van der Waals surface area contributed by atoms with Crippen LogP contribution in [0.2, 0.25) is 0 Å². The predicted octanol–water partition coefficient (Wildman–Crippen LogP) is 4.19. The van der Waals surface area contributed by atoms with E-state index in [9.17, 15) is 0 Å². The molecule has 0 saturated heterocycles. The van der Waals surface area contributed by atoms with Crippen molar-refractivity contribution in [2.45, 2.75) is 27.7 Å². The van der Waals surface area contributed by atoms with Gasteiger partial charge >= 0.3 is 0 Å². The van der Waals surface area contributed by atoms with Crippen molar-refractivity contribution >= 4 is 17.6 Å². The van der Waals surface area contributed by atoms with Crippen LogP contribution in [0.5, 0.6) is 0 Å². The Morgan fingerprint density at radius 1 is 1.33 bits per heavy atom. The van der Waals surface area contributed by atoms with E-state index in [1.807, 2.05) is 39.8 Å². The molecule has 1 N–H and O–H groups in total. The van der Waals surface area contributed by atoms with Gasteiger partial charge in [-0.3, -0.25) is 0 Å². The van der Waals surface area contributed by atoms with E-state index in [1.165, 1.54) is 0 Å². The zero-order chi connectivity index (χ0) is 13.7. The van der Waals surface area contributed by atoms with Gasteiger partial charge in [-0.2, -0.15) is 0 Å². The highest BCUT2D eigenvalue weighted by atomic mass is 32.2. The SMILES string of the molecule is C=C(Nc1cc(C)nc(C)n1)S/C(=C\C)C(=C)C. The topological polar surface area (TPSA) is 37.8 Å². The monoisotopic (exact) mass is 261 g/mol. The van der Waals surface area contributed by atoms with Crippen molar-refractivity contribution in [2.75, 3.05) is 5.32 Å². The van der Waals surface area contributed by atoms with Crippen LogP contribution >= 0.6 is 11.8 Å². The molecule has 0 aliphatic rings. The third-order valence-corrected chi connectivity index (χ3v) is 3.30. The lowest BCUT2D eigenvalue weighted by Gasteiger charge is -2.11. The third kappa shape index (κ3) is 4.37. The van der Waals surface area contributed by atoms with E-state index in [1.54, 1.807) is 11.8 Å². The Morgan fingerprint density at radius 3 is 2.50 bits per heavy atom. The first-order valence-electron chi connectivity index (χ1n) is 5.70. The van der Waals surface area contributed by atoms with E-state index in [0.717, 1.165) is 32.8 Å². The van der Waals surface area contributed by atoms with Crippen LogP contribution in [0.15, 0.2) is 40.8 Å². The normalized spacial score (nSPS) is 11.2. The molecule has 4 heteroatoms. The van der Waals surface area contributed by atoms with Gasteiger partial charge in [-0.25, -0.2) is 9.97 Å². The number of aromatic nitrogens is 2. The van der Waals surface area contributed by atoms with E-state index in [2.05, 4.69) is 28.4 Å². The van der Waals surface area contributed by atoms with Crippen LogP contribution in [-0.2, 0) is 0 Å². The average Bonchev–Trinajstić information content (AvgIpc) is 2.23. The number of anilines is 1. The van der Waals surface area contributed by atoms with Gasteiger partial charge < -0.3 is 5.32 Å². The molecule has 18 heavy (non-hydrogen) atoms. The highest BCUT2D eigenvalue weighted by Crippen LogP contribution is 2.29. The van der Waals surface area contributed by atoms with Gasteiger partial charge in [0.15, 0.2) is 0 Å². The minimum Gasteiger partial charge on any atom is -0.335 e. The summed E-state index contributed by atoms with van der Waals surface area (Å²) >= 11 is 1.55. The molecule has 0 aliphatic carbocycles. The van der Waals surface area contributed by atoms with Gasteiger partial charge in [0, 0.05) is 16.7 Å². The molecular formula is C14H19N3S. The Balaban J connectivity index is 2.73. The highest BCUT2D eigenvalue weighted by molar-refractivity contribution is 8.07. The van der Waals surface area contributed by atoms with Crippen LogP contribution in [0, 0.1) is 13.8 Å². The highest BCUT2D eigenvalue weighted by Gasteiger charge is 2.04. The standard InChI is InChI=1S/C14H19N3S/c1-7-13(9(2)3)18-12(6)17-14-8-10(4)15-11(5)16-14/h7-8H,2,6H2,1,3-5H3,(H,15,16,17)/b13-7-. The number of allylic oxidation sites excluding steroid dienone is 2. The second kappa shape index (κ2) is 6.40. The lowest BCUT2D eigenvalue weighted by Crippen LogP contribution is -2.01. The van der Waals surface area contributed by atoms with Crippen LogP contribution in [0.1, 0.15) is 25.4 Å².